The van der Waals surface area contributed by atoms with Crippen LogP contribution in [0.1, 0.15) is 0 Å². The van der Waals surface area contributed by atoms with Crippen LogP contribution in [0.3, 0.4) is 0 Å². The van der Waals surface area contributed by atoms with Gasteiger partial charge in [-0.05, 0) is 12.2 Å². The molecule has 12 heavy (non-hydrogen) atoms. The fraction of sp³-hybridized carbons (Fsp3) is 0. The fourth-order valence-corrected chi connectivity index (χ4v) is 3.52. The van der Waals surface area contributed by atoms with Crippen LogP contribution in [0.2, 0.25) is 0 Å². The van der Waals surface area contributed by atoms with Crippen LogP contribution < -0.4 is 0 Å². The number of carbonyl (C=O) groups is 1. The Morgan fingerprint density at radius 1 is 1.00 bits per heavy atom. The lowest BCUT2D eigenvalue weighted by Gasteiger charge is -2.04. The van der Waals surface area contributed by atoms with E-state index >= 15 is 0 Å². The van der Waals surface area contributed by atoms with Crippen molar-refractivity contribution in [3.8, 4) is 0 Å². The molecule has 0 aromatic heterocycles. The minimum Gasteiger partial charge on any atom is -0.289 e. The molecule has 2 atom stereocenters. The van der Waals surface area contributed by atoms with Crippen molar-refractivity contribution in [2.75, 3.05) is 0 Å². The zero-order chi connectivity index (χ0) is 8.72. The maximum atomic E-state index is 11.2. The zero-order valence-corrected chi connectivity index (χ0v) is 7.48. The second-order valence-corrected chi connectivity index (χ2v) is 5.07. The Morgan fingerprint density at radius 2 is 1.58 bits per heavy atom. The summed E-state index contributed by atoms with van der Waals surface area (Å²) in [5, 5.41) is 2.65. The van der Waals surface area contributed by atoms with Crippen LogP contribution in [0.25, 0.3) is 0 Å². The lowest BCUT2D eigenvalue weighted by molar-refractivity contribution is -0.111. The predicted octanol–water partition coefficient (Wildman–Crippen LogP) is 0.319. The van der Waals surface area contributed by atoms with E-state index in [1.807, 2.05) is 0 Å². The van der Waals surface area contributed by atoms with Gasteiger partial charge >= 0.3 is 0 Å². The van der Waals surface area contributed by atoms with Gasteiger partial charge in [0.1, 0.15) is 4.24 Å². The predicted molar refractivity (Wildman–Crippen MR) is 46.6 cm³/mol. The van der Waals surface area contributed by atoms with E-state index in [2.05, 4.69) is 0 Å². The van der Waals surface area contributed by atoms with Gasteiger partial charge < -0.3 is 0 Å². The normalized spacial score (nSPS) is 32.8. The summed E-state index contributed by atoms with van der Waals surface area (Å²) in [6.45, 7) is 0. The van der Waals surface area contributed by atoms with Gasteiger partial charge in [-0.25, -0.2) is 8.42 Å². The van der Waals surface area contributed by atoms with Crippen molar-refractivity contribution in [1.29, 1.82) is 0 Å². The molecule has 2 heterocycles. The first-order valence-electron chi connectivity index (χ1n) is 3.16. The lowest BCUT2D eigenvalue weighted by atomic mass is 10.2. The third-order valence-electron chi connectivity index (χ3n) is 1.55. The van der Waals surface area contributed by atoms with E-state index in [0.717, 1.165) is 0 Å². The van der Waals surface area contributed by atoms with Gasteiger partial charge in [-0.2, -0.15) is 0 Å². The maximum absolute atomic E-state index is 11.2. The van der Waals surface area contributed by atoms with Crippen LogP contribution in [0.4, 0.5) is 0 Å². The van der Waals surface area contributed by atoms with Gasteiger partial charge in [-0.3, -0.25) is 4.79 Å². The lowest BCUT2D eigenvalue weighted by Crippen LogP contribution is -2.08. The molecule has 5 heteroatoms. The van der Waals surface area contributed by atoms with Gasteiger partial charge in [0, 0.05) is 16.4 Å². The molecule has 0 aliphatic carbocycles. The van der Waals surface area contributed by atoms with Gasteiger partial charge in [0.05, 0.1) is 21.6 Å². The van der Waals surface area contributed by atoms with Crippen molar-refractivity contribution in [3.05, 3.63) is 32.8 Å². The summed E-state index contributed by atoms with van der Waals surface area (Å²) >= 11 is 0. The highest BCUT2D eigenvalue weighted by Crippen LogP contribution is 2.27. The Bertz CT molecular complexity index is 381. The molecule has 0 radical (unpaired) electrons. The molecule has 0 spiro atoms. The third kappa shape index (κ3) is 0.971. The highest BCUT2D eigenvalue weighted by Gasteiger charge is 2.27. The van der Waals surface area contributed by atoms with Crippen LogP contribution in [0.5, 0.6) is 0 Å². The van der Waals surface area contributed by atoms with Crippen molar-refractivity contribution in [2.45, 2.75) is 0 Å². The molecule has 0 N–H and O–H groups in total. The van der Waals surface area contributed by atoms with Gasteiger partial charge in [0.15, 0.2) is 5.78 Å². The standard InChI is InChI=1S/C7H4O3S2/c8-6-2-4-12(10)7-5(6)1-3-11(7)9/h1-4H. The molecule has 2 rings (SSSR count). The zero-order valence-electron chi connectivity index (χ0n) is 5.85. The summed E-state index contributed by atoms with van der Waals surface area (Å²) in [5.41, 5.74) is 0.328. The molecule has 3 nitrogen and oxygen atoms in total. The average Bonchev–Trinajstić information content (AvgIpc) is 2.42. The van der Waals surface area contributed by atoms with Gasteiger partial charge in [0.25, 0.3) is 0 Å². The molecule has 0 bridgehead atoms. The van der Waals surface area contributed by atoms with Crippen molar-refractivity contribution in [1.82, 2.24) is 0 Å². The summed E-state index contributed by atoms with van der Waals surface area (Å²) in [5.74, 6) is -0.216. The van der Waals surface area contributed by atoms with E-state index in [4.69, 9.17) is 0 Å². The molecular formula is C7H4O3S2. The molecule has 2 unspecified atom stereocenters. The quantitative estimate of drug-likeness (QED) is 0.566. The second kappa shape index (κ2) is 2.60. The Labute approximate surface area is 73.8 Å². The Morgan fingerprint density at radius 3 is 2.17 bits per heavy atom. The molecule has 0 saturated heterocycles. The fourth-order valence-electron chi connectivity index (χ4n) is 1.02. The molecule has 2 aliphatic heterocycles. The SMILES string of the molecule is O=C1C=CS(=O)C2=C1C=CS2=O. The number of hydrogen-bond acceptors (Lipinski definition) is 3. The van der Waals surface area contributed by atoms with Gasteiger partial charge in [-0.15, -0.1) is 0 Å². The molecular weight excluding hydrogens is 196 g/mol. The van der Waals surface area contributed by atoms with E-state index in [1.54, 1.807) is 0 Å². The largest absolute Gasteiger partial charge is 0.289 e. The molecule has 0 fully saturated rings. The van der Waals surface area contributed by atoms with E-state index in [1.165, 1.54) is 23.0 Å². The van der Waals surface area contributed by atoms with E-state index in [0.29, 0.717) is 5.57 Å². The van der Waals surface area contributed by atoms with Crippen molar-refractivity contribution in [2.24, 2.45) is 0 Å². The first kappa shape index (κ1) is 7.82. The monoisotopic (exact) mass is 200 g/mol. The second-order valence-electron chi connectivity index (χ2n) is 2.27. The van der Waals surface area contributed by atoms with Crippen LogP contribution >= 0.6 is 0 Å². The highest BCUT2D eigenvalue weighted by atomic mass is 32.2. The van der Waals surface area contributed by atoms with Crippen LogP contribution in [0, 0.1) is 0 Å². The molecule has 0 aromatic rings. The first-order valence-corrected chi connectivity index (χ1v) is 5.59. The number of hydrogen-bond donors (Lipinski definition) is 0. The number of allylic oxidation sites excluding steroid dienone is 3. The minimum atomic E-state index is -1.38. The number of rotatable bonds is 0. The average molecular weight is 200 g/mol. The molecule has 0 amide bonds. The van der Waals surface area contributed by atoms with Crippen molar-refractivity contribution >= 4 is 27.4 Å². The van der Waals surface area contributed by atoms with Crippen LogP contribution in [-0.2, 0) is 26.4 Å². The third-order valence-corrected chi connectivity index (χ3v) is 4.48. The van der Waals surface area contributed by atoms with Crippen molar-refractivity contribution < 1.29 is 13.2 Å². The summed E-state index contributed by atoms with van der Waals surface area (Å²) in [7, 11) is -2.74. The summed E-state index contributed by atoms with van der Waals surface area (Å²) in [4.78, 5) is 11.1. The highest BCUT2D eigenvalue weighted by molar-refractivity contribution is 8.11. The Hall–Kier alpha value is -0.810. The van der Waals surface area contributed by atoms with E-state index in [9.17, 15) is 13.2 Å². The first-order chi connectivity index (χ1) is 5.70. The molecule has 0 saturated carbocycles. The summed E-state index contributed by atoms with van der Waals surface area (Å²) < 4.78 is 22.6. The van der Waals surface area contributed by atoms with Gasteiger partial charge in [-0.1, -0.05) is 0 Å². The molecule has 0 aromatic carbocycles. The maximum Gasteiger partial charge on any atom is 0.188 e. The number of carbonyl (C=O) groups excluding carboxylic acids is 1. The van der Waals surface area contributed by atoms with Crippen molar-refractivity contribution in [3.63, 3.8) is 0 Å². The summed E-state index contributed by atoms with van der Waals surface area (Å²) in [6.07, 6.45) is 2.72. The molecule has 2 aliphatic rings. The Balaban J connectivity index is 2.62. The number of ketones is 1. The Kier molecular flexibility index (Phi) is 1.69. The summed E-state index contributed by atoms with van der Waals surface area (Å²) in [6, 6.07) is 0. The van der Waals surface area contributed by atoms with E-state index in [-0.39, 0.29) is 10.0 Å². The van der Waals surface area contributed by atoms with Crippen LogP contribution in [0.15, 0.2) is 32.8 Å². The van der Waals surface area contributed by atoms with E-state index < -0.39 is 21.6 Å². The smallest absolute Gasteiger partial charge is 0.188 e. The van der Waals surface area contributed by atoms with Crippen LogP contribution in [-0.4, -0.2) is 14.2 Å². The van der Waals surface area contributed by atoms with Gasteiger partial charge in [0.2, 0.25) is 0 Å². The minimum absolute atomic E-state index is 0.216. The molecule has 62 valence electrons. The topological polar surface area (TPSA) is 51.2 Å².